The Hall–Kier alpha value is -1.14. The number of aryl methyl sites for hydroxylation is 1. The van der Waals surface area contributed by atoms with Gasteiger partial charge in [0.2, 0.25) is 0 Å². The minimum Gasteiger partial charge on any atom is -0.478 e. The lowest BCUT2D eigenvalue weighted by molar-refractivity contribution is 0.0690. The molecular formula is C14H20N2O3S. The van der Waals surface area contributed by atoms with E-state index in [-0.39, 0.29) is 5.56 Å². The fraction of sp³-hybridized carbons (Fsp3) is 0.643. The van der Waals surface area contributed by atoms with Crippen molar-refractivity contribution < 1.29 is 15.0 Å². The van der Waals surface area contributed by atoms with Crippen LogP contribution in [0.25, 0.3) is 0 Å². The zero-order valence-corrected chi connectivity index (χ0v) is 12.8. The summed E-state index contributed by atoms with van der Waals surface area (Å²) in [6, 6.07) is 0. The van der Waals surface area contributed by atoms with E-state index in [4.69, 9.17) is 0 Å². The standard InChI is InChI=1S/C14H20N2O3S/c1-8-10(13(17)18)12(20-7-6-14(2,3)19)16-11(15-8)9-4-5-9/h9,19H,4-7H2,1-3H3,(H,17,18). The van der Waals surface area contributed by atoms with E-state index in [9.17, 15) is 15.0 Å². The second-order valence-corrected chi connectivity index (χ2v) is 6.92. The lowest BCUT2D eigenvalue weighted by Gasteiger charge is -2.16. The molecule has 1 aromatic rings. The highest BCUT2D eigenvalue weighted by molar-refractivity contribution is 7.99. The molecule has 1 aliphatic rings. The third-order valence-electron chi connectivity index (χ3n) is 3.18. The first-order valence-electron chi connectivity index (χ1n) is 6.75. The molecule has 110 valence electrons. The van der Waals surface area contributed by atoms with Crippen molar-refractivity contribution in [3.05, 3.63) is 17.1 Å². The van der Waals surface area contributed by atoms with Gasteiger partial charge < -0.3 is 10.2 Å². The van der Waals surface area contributed by atoms with Gasteiger partial charge in [0.15, 0.2) is 0 Å². The molecule has 0 unspecified atom stereocenters. The molecule has 0 amide bonds. The smallest absolute Gasteiger partial charge is 0.340 e. The van der Waals surface area contributed by atoms with Crippen LogP contribution in [-0.4, -0.2) is 37.5 Å². The fourth-order valence-electron chi connectivity index (χ4n) is 1.84. The molecule has 0 bridgehead atoms. The number of thioether (sulfide) groups is 1. The van der Waals surface area contributed by atoms with Crippen LogP contribution < -0.4 is 0 Å². The van der Waals surface area contributed by atoms with Crippen molar-refractivity contribution in [3.8, 4) is 0 Å². The first-order chi connectivity index (χ1) is 9.28. The first kappa shape index (κ1) is 15.3. The molecule has 1 fully saturated rings. The van der Waals surface area contributed by atoms with E-state index in [0.29, 0.717) is 28.8 Å². The van der Waals surface area contributed by atoms with Gasteiger partial charge >= 0.3 is 5.97 Å². The maximum Gasteiger partial charge on any atom is 0.340 e. The van der Waals surface area contributed by atoms with Crippen LogP contribution >= 0.6 is 11.8 Å². The molecule has 2 N–H and O–H groups in total. The van der Waals surface area contributed by atoms with E-state index < -0.39 is 11.6 Å². The molecule has 0 spiro atoms. The van der Waals surface area contributed by atoms with Crippen molar-refractivity contribution in [2.24, 2.45) is 0 Å². The predicted octanol–water partition coefficient (Wildman–Crippen LogP) is 2.61. The van der Waals surface area contributed by atoms with E-state index in [1.54, 1.807) is 20.8 Å². The summed E-state index contributed by atoms with van der Waals surface area (Å²) >= 11 is 1.38. The molecular weight excluding hydrogens is 276 g/mol. The average Bonchev–Trinajstić information content (AvgIpc) is 3.09. The van der Waals surface area contributed by atoms with Gasteiger partial charge in [0, 0.05) is 11.7 Å². The number of carbonyl (C=O) groups is 1. The fourth-order valence-corrected chi connectivity index (χ4v) is 3.17. The zero-order valence-electron chi connectivity index (χ0n) is 12.0. The van der Waals surface area contributed by atoms with E-state index in [0.717, 1.165) is 18.7 Å². The van der Waals surface area contributed by atoms with E-state index in [1.165, 1.54) is 11.8 Å². The van der Waals surface area contributed by atoms with E-state index in [1.807, 2.05) is 0 Å². The topological polar surface area (TPSA) is 83.3 Å². The monoisotopic (exact) mass is 296 g/mol. The number of aliphatic hydroxyl groups is 1. The van der Waals surface area contributed by atoms with Crippen LogP contribution in [0.15, 0.2) is 5.03 Å². The highest BCUT2D eigenvalue weighted by Crippen LogP contribution is 2.39. The molecule has 1 heterocycles. The Balaban J connectivity index is 2.21. The lowest BCUT2D eigenvalue weighted by atomic mass is 10.1. The molecule has 1 aromatic heterocycles. The molecule has 2 rings (SSSR count). The van der Waals surface area contributed by atoms with Gasteiger partial charge in [0.25, 0.3) is 0 Å². The maximum atomic E-state index is 11.4. The predicted molar refractivity (Wildman–Crippen MR) is 77.3 cm³/mol. The Bertz CT molecular complexity index is 522. The summed E-state index contributed by atoms with van der Waals surface area (Å²) in [6.45, 7) is 5.20. The molecule has 0 radical (unpaired) electrons. The first-order valence-corrected chi connectivity index (χ1v) is 7.73. The van der Waals surface area contributed by atoms with Crippen LogP contribution in [0.2, 0.25) is 0 Å². The van der Waals surface area contributed by atoms with Crippen molar-refractivity contribution in [2.45, 2.75) is 56.6 Å². The van der Waals surface area contributed by atoms with Crippen LogP contribution in [0.4, 0.5) is 0 Å². The minimum absolute atomic E-state index is 0.190. The maximum absolute atomic E-state index is 11.4. The van der Waals surface area contributed by atoms with Gasteiger partial charge in [0.1, 0.15) is 16.4 Å². The molecule has 0 saturated heterocycles. The molecule has 0 aromatic carbocycles. The van der Waals surface area contributed by atoms with Gasteiger partial charge in [0.05, 0.1) is 11.3 Å². The third kappa shape index (κ3) is 3.93. The van der Waals surface area contributed by atoms with Crippen molar-refractivity contribution in [1.82, 2.24) is 9.97 Å². The third-order valence-corrected chi connectivity index (χ3v) is 4.16. The second kappa shape index (κ2) is 5.69. The van der Waals surface area contributed by atoms with Crippen molar-refractivity contribution in [3.63, 3.8) is 0 Å². The van der Waals surface area contributed by atoms with Crippen molar-refractivity contribution >= 4 is 17.7 Å². The van der Waals surface area contributed by atoms with Crippen molar-refractivity contribution in [2.75, 3.05) is 5.75 Å². The Kier molecular flexibility index (Phi) is 4.34. The molecule has 1 saturated carbocycles. The number of aromatic nitrogens is 2. The molecule has 1 aliphatic carbocycles. The van der Waals surface area contributed by atoms with E-state index >= 15 is 0 Å². The van der Waals surface area contributed by atoms with Crippen LogP contribution in [-0.2, 0) is 0 Å². The summed E-state index contributed by atoms with van der Waals surface area (Å²) in [7, 11) is 0. The summed E-state index contributed by atoms with van der Waals surface area (Å²) in [6.07, 6.45) is 2.75. The quantitative estimate of drug-likeness (QED) is 0.620. The Morgan fingerprint density at radius 2 is 2.05 bits per heavy atom. The normalized spacial score (nSPS) is 15.4. The largest absolute Gasteiger partial charge is 0.478 e. The summed E-state index contributed by atoms with van der Waals surface area (Å²) in [4.78, 5) is 20.1. The molecule has 20 heavy (non-hydrogen) atoms. The minimum atomic E-state index is -0.990. The SMILES string of the molecule is Cc1nc(C2CC2)nc(SCCC(C)(C)O)c1C(=O)O. The zero-order chi connectivity index (χ0) is 14.9. The molecule has 0 aliphatic heterocycles. The highest BCUT2D eigenvalue weighted by atomic mass is 32.2. The summed E-state index contributed by atoms with van der Waals surface area (Å²) < 4.78 is 0. The average molecular weight is 296 g/mol. The summed E-state index contributed by atoms with van der Waals surface area (Å²) in [5, 5.41) is 19.6. The number of hydrogen-bond donors (Lipinski definition) is 2. The van der Waals surface area contributed by atoms with Gasteiger partial charge in [-0.2, -0.15) is 0 Å². The Labute approximate surface area is 122 Å². The molecule has 0 atom stereocenters. The van der Waals surface area contributed by atoms with E-state index in [2.05, 4.69) is 9.97 Å². The Morgan fingerprint density at radius 3 is 2.55 bits per heavy atom. The Morgan fingerprint density at radius 1 is 1.40 bits per heavy atom. The summed E-state index contributed by atoms with van der Waals surface area (Å²) in [5.41, 5.74) is -0.0343. The highest BCUT2D eigenvalue weighted by Gasteiger charge is 2.29. The van der Waals surface area contributed by atoms with Crippen molar-refractivity contribution in [1.29, 1.82) is 0 Å². The number of aromatic carboxylic acids is 1. The van der Waals surface area contributed by atoms with Gasteiger partial charge in [-0.05, 0) is 40.0 Å². The van der Waals surface area contributed by atoms with Gasteiger partial charge in [-0.1, -0.05) is 0 Å². The number of carboxylic acid groups (broad SMARTS) is 1. The number of nitrogens with zero attached hydrogens (tertiary/aromatic N) is 2. The van der Waals surface area contributed by atoms with Crippen LogP contribution in [0, 0.1) is 6.92 Å². The van der Waals surface area contributed by atoms with Crippen LogP contribution in [0.1, 0.15) is 60.9 Å². The van der Waals surface area contributed by atoms with Crippen LogP contribution in [0.3, 0.4) is 0 Å². The van der Waals surface area contributed by atoms with Crippen LogP contribution in [0.5, 0.6) is 0 Å². The second-order valence-electron chi connectivity index (χ2n) is 5.84. The van der Waals surface area contributed by atoms with Gasteiger partial charge in [-0.15, -0.1) is 11.8 Å². The molecule has 6 heteroatoms. The summed E-state index contributed by atoms with van der Waals surface area (Å²) in [5.74, 6) is 0.795. The number of rotatable bonds is 6. The number of hydrogen-bond acceptors (Lipinski definition) is 5. The number of carboxylic acids is 1. The molecule has 5 nitrogen and oxygen atoms in total. The van der Waals surface area contributed by atoms with Gasteiger partial charge in [-0.25, -0.2) is 14.8 Å². The van der Waals surface area contributed by atoms with Gasteiger partial charge in [-0.3, -0.25) is 0 Å². The lowest BCUT2D eigenvalue weighted by Crippen LogP contribution is -2.19.